The minimum absolute atomic E-state index is 0.477. The summed E-state index contributed by atoms with van der Waals surface area (Å²) in [5, 5.41) is 0. The fourth-order valence-electron chi connectivity index (χ4n) is 2.87. The molecule has 1 heterocycles. The van der Waals surface area contributed by atoms with Gasteiger partial charge in [0.2, 0.25) is 0 Å². The summed E-state index contributed by atoms with van der Waals surface area (Å²) in [6.45, 7) is 6.71. The van der Waals surface area contributed by atoms with Crippen LogP contribution in [0.2, 0.25) is 0 Å². The van der Waals surface area contributed by atoms with Crippen LogP contribution in [0, 0.1) is 5.92 Å². The van der Waals surface area contributed by atoms with Gasteiger partial charge < -0.3 is 15.4 Å². The van der Waals surface area contributed by atoms with Gasteiger partial charge in [-0.2, -0.15) is 0 Å². The molecule has 0 amide bonds. The van der Waals surface area contributed by atoms with Crippen molar-refractivity contribution in [1.29, 1.82) is 0 Å². The zero-order valence-corrected chi connectivity index (χ0v) is 11.7. The first kappa shape index (κ1) is 14.9. The lowest BCUT2D eigenvalue weighted by Gasteiger charge is -2.19. The van der Waals surface area contributed by atoms with E-state index in [1.54, 1.807) is 0 Å². The maximum atomic E-state index is 5.66. The number of ether oxygens (including phenoxy) is 1. The Morgan fingerprint density at radius 2 is 2.18 bits per heavy atom. The minimum Gasteiger partial charge on any atom is -0.380 e. The van der Waals surface area contributed by atoms with Crippen LogP contribution >= 0.6 is 0 Å². The van der Waals surface area contributed by atoms with E-state index in [2.05, 4.69) is 11.8 Å². The van der Waals surface area contributed by atoms with Crippen molar-refractivity contribution in [2.45, 2.75) is 51.6 Å². The molecule has 2 N–H and O–H groups in total. The van der Waals surface area contributed by atoms with Crippen LogP contribution in [0.4, 0.5) is 0 Å². The smallest absolute Gasteiger partial charge is 0.0710 e. The van der Waals surface area contributed by atoms with E-state index >= 15 is 0 Å². The third-order valence-electron chi connectivity index (χ3n) is 3.92. The SMILES string of the molecule is CCCC(CCN)CCCN1CCC(OC)C1. The van der Waals surface area contributed by atoms with Crippen LogP contribution in [0.3, 0.4) is 0 Å². The van der Waals surface area contributed by atoms with Crippen LogP contribution in [-0.4, -0.2) is 44.3 Å². The van der Waals surface area contributed by atoms with Crippen LogP contribution in [0.5, 0.6) is 0 Å². The summed E-state index contributed by atoms with van der Waals surface area (Å²) in [5.41, 5.74) is 5.66. The molecule has 1 fully saturated rings. The molecule has 0 aliphatic carbocycles. The molecule has 0 aromatic rings. The Morgan fingerprint density at radius 1 is 1.35 bits per heavy atom. The summed E-state index contributed by atoms with van der Waals surface area (Å²) in [7, 11) is 1.83. The fourth-order valence-corrected chi connectivity index (χ4v) is 2.87. The highest BCUT2D eigenvalue weighted by molar-refractivity contribution is 4.75. The van der Waals surface area contributed by atoms with Crippen LogP contribution in [0.25, 0.3) is 0 Å². The number of hydrogen-bond acceptors (Lipinski definition) is 3. The van der Waals surface area contributed by atoms with Crippen molar-refractivity contribution < 1.29 is 4.74 Å². The van der Waals surface area contributed by atoms with Gasteiger partial charge in [-0.25, -0.2) is 0 Å². The Balaban J connectivity index is 2.09. The van der Waals surface area contributed by atoms with E-state index in [1.807, 2.05) is 7.11 Å². The molecule has 0 radical (unpaired) electrons. The van der Waals surface area contributed by atoms with Gasteiger partial charge in [-0.3, -0.25) is 0 Å². The molecule has 1 aliphatic rings. The molecule has 1 rings (SSSR count). The normalized spacial score (nSPS) is 23.1. The summed E-state index contributed by atoms with van der Waals surface area (Å²) in [6.07, 6.45) is 8.19. The monoisotopic (exact) mass is 242 g/mol. The molecule has 2 atom stereocenters. The maximum Gasteiger partial charge on any atom is 0.0710 e. The number of hydrogen-bond donors (Lipinski definition) is 1. The van der Waals surface area contributed by atoms with Gasteiger partial charge in [0.05, 0.1) is 6.10 Å². The summed E-state index contributed by atoms with van der Waals surface area (Å²) in [4.78, 5) is 2.54. The Bertz CT molecular complexity index is 181. The highest BCUT2D eigenvalue weighted by atomic mass is 16.5. The molecule has 0 aromatic heterocycles. The van der Waals surface area contributed by atoms with E-state index in [9.17, 15) is 0 Å². The number of methoxy groups -OCH3 is 1. The zero-order valence-electron chi connectivity index (χ0n) is 11.7. The van der Waals surface area contributed by atoms with Crippen molar-refractivity contribution in [1.82, 2.24) is 4.90 Å². The Hall–Kier alpha value is -0.120. The van der Waals surface area contributed by atoms with Gasteiger partial charge in [-0.15, -0.1) is 0 Å². The van der Waals surface area contributed by atoms with E-state index in [0.29, 0.717) is 6.10 Å². The van der Waals surface area contributed by atoms with Gasteiger partial charge in [0, 0.05) is 20.2 Å². The lowest BCUT2D eigenvalue weighted by molar-refractivity contribution is 0.107. The maximum absolute atomic E-state index is 5.66. The predicted octanol–water partition coefficient (Wildman–Crippen LogP) is 2.25. The summed E-state index contributed by atoms with van der Waals surface area (Å²) in [6, 6.07) is 0. The molecule has 3 heteroatoms. The summed E-state index contributed by atoms with van der Waals surface area (Å²) < 4.78 is 5.39. The second-order valence-electron chi connectivity index (χ2n) is 5.32. The van der Waals surface area contributed by atoms with Crippen molar-refractivity contribution in [3.63, 3.8) is 0 Å². The second-order valence-corrected chi connectivity index (χ2v) is 5.32. The zero-order chi connectivity index (χ0) is 12.5. The van der Waals surface area contributed by atoms with Crippen molar-refractivity contribution >= 4 is 0 Å². The van der Waals surface area contributed by atoms with Gasteiger partial charge >= 0.3 is 0 Å². The molecule has 2 unspecified atom stereocenters. The van der Waals surface area contributed by atoms with Gasteiger partial charge in [0.15, 0.2) is 0 Å². The van der Waals surface area contributed by atoms with E-state index in [4.69, 9.17) is 10.5 Å². The molecule has 0 bridgehead atoms. The Labute approximate surface area is 107 Å². The largest absolute Gasteiger partial charge is 0.380 e. The fraction of sp³-hybridized carbons (Fsp3) is 1.00. The second kappa shape index (κ2) is 8.90. The minimum atomic E-state index is 0.477. The molecular formula is C14H30N2O. The van der Waals surface area contributed by atoms with E-state index in [1.165, 1.54) is 51.6 Å². The topological polar surface area (TPSA) is 38.5 Å². The molecule has 102 valence electrons. The summed E-state index contributed by atoms with van der Waals surface area (Å²) in [5.74, 6) is 0.853. The van der Waals surface area contributed by atoms with Crippen molar-refractivity contribution in [2.24, 2.45) is 11.7 Å². The van der Waals surface area contributed by atoms with E-state index in [-0.39, 0.29) is 0 Å². The molecule has 0 spiro atoms. The van der Waals surface area contributed by atoms with E-state index in [0.717, 1.165) is 19.0 Å². The van der Waals surface area contributed by atoms with Crippen LogP contribution in [0.1, 0.15) is 45.4 Å². The lowest BCUT2D eigenvalue weighted by Crippen LogP contribution is -2.24. The average molecular weight is 242 g/mol. The molecule has 1 saturated heterocycles. The van der Waals surface area contributed by atoms with Crippen molar-refractivity contribution in [3.8, 4) is 0 Å². The number of likely N-dealkylation sites (tertiary alicyclic amines) is 1. The number of nitrogens with zero attached hydrogens (tertiary/aromatic N) is 1. The molecule has 0 aromatic carbocycles. The van der Waals surface area contributed by atoms with Crippen LogP contribution < -0.4 is 5.73 Å². The molecule has 17 heavy (non-hydrogen) atoms. The van der Waals surface area contributed by atoms with Gasteiger partial charge in [0.25, 0.3) is 0 Å². The third kappa shape index (κ3) is 5.84. The first-order valence-electron chi connectivity index (χ1n) is 7.25. The molecular weight excluding hydrogens is 212 g/mol. The van der Waals surface area contributed by atoms with Gasteiger partial charge in [0.1, 0.15) is 0 Å². The first-order chi connectivity index (χ1) is 8.30. The third-order valence-corrected chi connectivity index (χ3v) is 3.92. The highest BCUT2D eigenvalue weighted by Crippen LogP contribution is 2.18. The highest BCUT2D eigenvalue weighted by Gasteiger charge is 2.21. The lowest BCUT2D eigenvalue weighted by atomic mass is 9.94. The van der Waals surface area contributed by atoms with Crippen molar-refractivity contribution in [2.75, 3.05) is 33.3 Å². The summed E-state index contributed by atoms with van der Waals surface area (Å²) >= 11 is 0. The van der Waals surface area contributed by atoms with E-state index < -0.39 is 0 Å². The van der Waals surface area contributed by atoms with Crippen LogP contribution in [-0.2, 0) is 4.74 Å². The Kier molecular flexibility index (Phi) is 7.82. The van der Waals surface area contributed by atoms with Gasteiger partial charge in [-0.05, 0) is 44.7 Å². The Morgan fingerprint density at radius 3 is 2.76 bits per heavy atom. The molecule has 1 aliphatic heterocycles. The number of rotatable bonds is 9. The molecule has 0 saturated carbocycles. The molecule has 3 nitrogen and oxygen atoms in total. The van der Waals surface area contributed by atoms with Crippen LogP contribution in [0.15, 0.2) is 0 Å². The average Bonchev–Trinajstić information content (AvgIpc) is 2.77. The predicted molar refractivity (Wildman–Crippen MR) is 73.2 cm³/mol. The first-order valence-corrected chi connectivity index (χ1v) is 7.25. The number of nitrogens with two attached hydrogens (primary N) is 1. The quantitative estimate of drug-likeness (QED) is 0.674. The standard InChI is InChI=1S/C14H30N2O/c1-3-5-13(7-9-15)6-4-10-16-11-8-14(12-16)17-2/h13-14H,3-12,15H2,1-2H3. The van der Waals surface area contributed by atoms with Gasteiger partial charge in [-0.1, -0.05) is 19.8 Å². The van der Waals surface area contributed by atoms with Crippen molar-refractivity contribution in [3.05, 3.63) is 0 Å².